The van der Waals surface area contributed by atoms with E-state index < -0.39 is 0 Å². The molecule has 3 nitrogen and oxygen atoms in total. The minimum atomic E-state index is -0.355. The molecule has 1 aromatic carbocycles. The summed E-state index contributed by atoms with van der Waals surface area (Å²) in [4.78, 5) is 16.2. The van der Waals surface area contributed by atoms with E-state index in [1.54, 1.807) is 18.5 Å². The van der Waals surface area contributed by atoms with Crippen LogP contribution >= 0.6 is 0 Å². The lowest BCUT2D eigenvalue weighted by Crippen LogP contribution is -2.17. The van der Waals surface area contributed by atoms with Crippen molar-refractivity contribution in [2.75, 3.05) is 5.32 Å². The molecular weight excluding hydrogens is 248 g/mol. The highest BCUT2D eigenvalue weighted by Gasteiger charge is 2.17. The molecular formula is C17H20N2O. The fraction of sp³-hybridized carbons (Fsp3) is 0.294. The summed E-state index contributed by atoms with van der Waals surface area (Å²) < 4.78 is 0. The number of hydrogen-bond donors (Lipinski definition) is 1. The molecule has 1 aromatic heterocycles. The molecule has 0 aliphatic heterocycles. The normalized spacial score (nSPS) is 12.0. The molecule has 0 amide bonds. The fourth-order valence-electron chi connectivity index (χ4n) is 1.89. The van der Waals surface area contributed by atoms with Gasteiger partial charge in [-0.3, -0.25) is 9.78 Å². The summed E-state index contributed by atoms with van der Waals surface area (Å²) in [5.41, 5.74) is 2.66. The predicted molar refractivity (Wildman–Crippen MR) is 83.7 cm³/mol. The van der Waals surface area contributed by atoms with Gasteiger partial charge in [0.15, 0.2) is 5.78 Å². The van der Waals surface area contributed by atoms with Crippen LogP contribution in [-0.4, -0.2) is 10.8 Å². The molecule has 20 heavy (non-hydrogen) atoms. The predicted octanol–water partition coefficient (Wildman–Crippen LogP) is 4.08. The molecule has 0 saturated heterocycles. The second kappa shape index (κ2) is 5.45. The van der Waals surface area contributed by atoms with E-state index in [-0.39, 0.29) is 11.2 Å². The van der Waals surface area contributed by atoms with Gasteiger partial charge in [0, 0.05) is 23.2 Å². The number of carbonyl (C=O) groups excluding carboxylic acids is 1. The summed E-state index contributed by atoms with van der Waals surface area (Å²) in [6, 6.07) is 7.98. The Kier molecular flexibility index (Phi) is 3.89. The number of carbonyl (C=O) groups is 1. The first kappa shape index (κ1) is 14.3. The number of hydrogen-bond acceptors (Lipinski definition) is 3. The van der Waals surface area contributed by atoms with Crippen LogP contribution in [-0.2, 0) is 4.79 Å². The number of rotatable bonds is 3. The van der Waals surface area contributed by atoms with Crippen LogP contribution in [0.25, 0.3) is 10.9 Å². The van der Waals surface area contributed by atoms with E-state index in [2.05, 4.69) is 17.2 Å². The highest BCUT2D eigenvalue weighted by atomic mass is 16.1. The Morgan fingerprint density at radius 3 is 2.70 bits per heavy atom. The molecule has 0 fully saturated rings. The topological polar surface area (TPSA) is 42.0 Å². The van der Waals surface area contributed by atoms with Crippen LogP contribution in [0.1, 0.15) is 26.3 Å². The standard InChI is InChI=1S/C17H20N2O/c1-12-8-10-19-16-13(12)6-5-7-14(16)18-11-9-15(20)17(2,3)4/h5-11,18H,1-4H3. The molecule has 0 atom stereocenters. The first-order chi connectivity index (χ1) is 9.39. The maximum Gasteiger partial charge on any atom is 0.162 e. The lowest BCUT2D eigenvalue weighted by atomic mass is 9.91. The van der Waals surface area contributed by atoms with Gasteiger partial charge in [-0.15, -0.1) is 0 Å². The van der Waals surface area contributed by atoms with Crippen molar-refractivity contribution in [3.8, 4) is 0 Å². The Balaban J connectivity index is 2.25. The SMILES string of the molecule is Cc1ccnc2c(NC=CC(=O)C(C)(C)C)cccc12. The zero-order chi connectivity index (χ0) is 14.8. The number of anilines is 1. The number of benzene rings is 1. The van der Waals surface area contributed by atoms with Crippen LogP contribution in [0, 0.1) is 12.3 Å². The monoisotopic (exact) mass is 268 g/mol. The van der Waals surface area contributed by atoms with Gasteiger partial charge in [-0.2, -0.15) is 0 Å². The highest BCUT2D eigenvalue weighted by molar-refractivity contribution is 5.95. The number of fused-ring (bicyclic) bond motifs is 1. The molecule has 2 aromatic rings. The Morgan fingerprint density at radius 2 is 2.00 bits per heavy atom. The number of nitrogens with zero attached hydrogens (tertiary/aromatic N) is 1. The summed E-state index contributed by atoms with van der Waals surface area (Å²) in [5, 5.41) is 4.27. The van der Waals surface area contributed by atoms with Crippen LogP contribution in [0.5, 0.6) is 0 Å². The summed E-state index contributed by atoms with van der Waals surface area (Å²) in [7, 11) is 0. The van der Waals surface area contributed by atoms with Gasteiger partial charge in [-0.25, -0.2) is 0 Å². The van der Waals surface area contributed by atoms with Crippen molar-refractivity contribution in [3.05, 3.63) is 48.3 Å². The van der Waals surface area contributed by atoms with Crippen molar-refractivity contribution >= 4 is 22.4 Å². The number of aromatic nitrogens is 1. The van der Waals surface area contributed by atoms with Crippen LogP contribution in [0.2, 0.25) is 0 Å². The van der Waals surface area contributed by atoms with Crippen LogP contribution in [0.15, 0.2) is 42.7 Å². The van der Waals surface area contributed by atoms with Gasteiger partial charge in [0.05, 0.1) is 11.2 Å². The molecule has 1 N–H and O–H groups in total. The van der Waals surface area contributed by atoms with E-state index >= 15 is 0 Å². The minimum Gasteiger partial charge on any atom is -0.360 e. The first-order valence-electron chi connectivity index (χ1n) is 6.71. The van der Waals surface area contributed by atoms with E-state index in [0.717, 1.165) is 16.6 Å². The average Bonchev–Trinajstić information content (AvgIpc) is 2.38. The van der Waals surface area contributed by atoms with Gasteiger partial charge < -0.3 is 5.32 Å². The van der Waals surface area contributed by atoms with Gasteiger partial charge in [-0.1, -0.05) is 32.9 Å². The molecule has 2 rings (SSSR count). The molecule has 0 saturated carbocycles. The first-order valence-corrected chi connectivity index (χ1v) is 6.71. The van der Waals surface area contributed by atoms with Gasteiger partial charge in [-0.05, 0) is 30.7 Å². The average molecular weight is 268 g/mol. The summed E-state index contributed by atoms with van der Waals surface area (Å²) in [5.74, 6) is 0.0920. The summed E-state index contributed by atoms with van der Waals surface area (Å²) in [6.45, 7) is 7.78. The van der Waals surface area contributed by atoms with E-state index in [1.165, 1.54) is 5.56 Å². The van der Waals surface area contributed by atoms with Crippen molar-refractivity contribution in [2.24, 2.45) is 5.41 Å². The molecule has 0 spiro atoms. The summed E-state index contributed by atoms with van der Waals surface area (Å²) >= 11 is 0. The Labute approximate surface area is 119 Å². The molecule has 1 heterocycles. The smallest absolute Gasteiger partial charge is 0.162 e. The second-order valence-corrected chi connectivity index (χ2v) is 5.92. The van der Waals surface area contributed by atoms with E-state index in [9.17, 15) is 4.79 Å². The number of ketones is 1. The zero-order valence-corrected chi connectivity index (χ0v) is 12.4. The Morgan fingerprint density at radius 1 is 1.25 bits per heavy atom. The van der Waals surface area contributed by atoms with Crippen molar-refractivity contribution in [1.29, 1.82) is 0 Å². The number of aryl methyl sites for hydroxylation is 1. The quantitative estimate of drug-likeness (QED) is 0.853. The zero-order valence-electron chi connectivity index (χ0n) is 12.4. The molecule has 3 heteroatoms. The van der Waals surface area contributed by atoms with Gasteiger partial charge in [0.2, 0.25) is 0 Å². The number of para-hydroxylation sites is 1. The lowest BCUT2D eigenvalue weighted by Gasteiger charge is -2.13. The molecule has 0 unspecified atom stereocenters. The van der Waals surface area contributed by atoms with Crippen molar-refractivity contribution in [1.82, 2.24) is 4.98 Å². The minimum absolute atomic E-state index is 0.0920. The number of pyridine rings is 1. The largest absolute Gasteiger partial charge is 0.360 e. The molecule has 0 aliphatic rings. The molecule has 0 aliphatic carbocycles. The number of allylic oxidation sites excluding steroid dienone is 1. The summed E-state index contributed by atoms with van der Waals surface area (Å²) in [6.07, 6.45) is 5.06. The van der Waals surface area contributed by atoms with E-state index in [4.69, 9.17) is 0 Å². The highest BCUT2D eigenvalue weighted by Crippen LogP contribution is 2.23. The molecule has 0 bridgehead atoms. The third-order valence-corrected chi connectivity index (χ3v) is 3.20. The van der Waals surface area contributed by atoms with Crippen LogP contribution in [0.3, 0.4) is 0 Å². The van der Waals surface area contributed by atoms with Crippen molar-refractivity contribution in [3.63, 3.8) is 0 Å². The Hall–Kier alpha value is -2.16. The number of nitrogens with one attached hydrogen (secondary N) is 1. The molecule has 104 valence electrons. The lowest BCUT2D eigenvalue weighted by molar-refractivity contribution is -0.121. The maximum atomic E-state index is 11.8. The third kappa shape index (κ3) is 3.05. The van der Waals surface area contributed by atoms with Crippen molar-refractivity contribution in [2.45, 2.75) is 27.7 Å². The van der Waals surface area contributed by atoms with Gasteiger partial charge in [0.25, 0.3) is 0 Å². The van der Waals surface area contributed by atoms with Crippen LogP contribution in [0.4, 0.5) is 5.69 Å². The maximum absolute atomic E-state index is 11.8. The van der Waals surface area contributed by atoms with Gasteiger partial charge >= 0.3 is 0 Å². The van der Waals surface area contributed by atoms with E-state index in [0.29, 0.717) is 0 Å². The molecule has 0 radical (unpaired) electrons. The van der Waals surface area contributed by atoms with Gasteiger partial charge in [0.1, 0.15) is 0 Å². The van der Waals surface area contributed by atoms with E-state index in [1.807, 2.05) is 45.0 Å². The second-order valence-electron chi connectivity index (χ2n) is 5.92. The Bertz CT molecular complexity index is 666. The van der Waals surface area contributed by atoms with Crippen LogP contribution < -0.4 is 5.32 Å². The third-order valence-electron chi connectivity index (χ3n) is 3.20. The fourth-order valence-corrected chi connectivity index (χ4v) is 1.89. The van der Waals surface area contributed by atoms with Crippen molar-refractivity contribution < 1.29 is 4.79 Å².